The number of hydrogen-bond donors (Lipinski definition) is 0. The summed E-state index contributed by atoms with van der Waals surface area (Å²) in [5.74, 6) is 0. The summed E-state index contributed by atoms with van der Waals surface area (Å²) in [6.07, 6.45) is 44.7. The van der Waals surface area contributed by atoms with Crippen LogP contribution in [0.2, 0.25) is 0 Å². The van der Waals surface area contributed by atoms with Crippen molar-refractivity contribution >= 4 is 0 Å². The van der Waals surface area contributed by atoms with Gasteiger partial charge < -0.3 is 28.4 Å². The average molecular weight is 743 g/mol. The van der Waals surface area contributed by atoms with Gasteiger partial charge in [0.15, 0.2) is 0 Å². The van der Waals surface area contributed by atoms with E-state index in [0.29, 0.717) is 66.1 Å². The van der Waals surface area contributed by atoms with Crippen molar-refractivity contribution in [1.29, 1.82) is 0 Å². The van der Waals surface area contributed by atoms with Crippen LogP contribution in [-0.2, 0) is 28.4 Å². The molecule has 0 fully saturated rings. The van der Waals surface area contributed by atoms with Gasteiger partial charge in [0.2, 0.25) is 0 Å². The van der Waals surface area contributed by atoms with E-state index in [1.54, 1.807) is 0 Å². The van der Waals surface area contributed by atoms with Crippen LogP contribution in [0.5, 0.6) is 0 Å². The highest BCUT2D eigenvalue weighted by Crippen LogP contribution is 2.15. The van der Waals surface area contributed by atoms with E-state index in [1.165, 1.54) is 205 Å². The van der Waals surface area contributed by atoms with Crippen LogP contribution < -0.4 is 0 Å². The Labute approximate surface area is 326 Å². The molecule has 0 aliphatic carbocycles. The maximum atomic E-state index is 5.71. The summed E-state index contributed by atoms with van der Waals surface area (Å²) in [5.41, 5.74) is 0. The van der Waals surface area contributed by atoms with Crippen LogP contribution in [0.1, 0.15) is 219 Å². The van der Waals surface area contributed by atoms with E-state index in [4.69, 9.17) is 28.4 Å². The number of ether oxygens (including phenoxy) is 6. The van der Waals surface area contributed by atoms with Gasteiger partial charge in [0.1, 0.15) is 0 Å². The fourth-order valence-corrected chi connectivity index (χ4v) is 6.71. The first-order chi connectivity index (χ1) is 25.9. The molecule has 0 aliphatic rings. The molecule has 6 nitrogen and oxygen atoms in total. The minimum Gasteiger partial charge on any atom is -0.379 e. The molecule has 0 amide bonds. The fraction of sp³-hybridized carbons (Fsp3) is 1.00. The molecule has 0 N–H and O–H groups in total. The predicted molar refractivity (Wildman–Crippen MR) is 224 cm³/mol. The zero-order chi connectivity index (χ0) is 37.4. The van der Waals surface area contributed by atoms with Crippen molar-refractivity contribution in [2.75, 3.05) is 79.3 Å². The van der Waals surface area contributed by atoms with Gasteiger partial charge in [-0.25, -0.2) is 0 Å². The first-order valence-corrected chi connectivity index (χ1v) is 23.4. The summed E-state index contributed by atoms with van der Waals surface area (Å²) in [5, 5.41) is 0. The van der Waals surface area contributed by atoms with Crippen molar-refractivity contribution in [3.05, 3.63) is 0 Å². The molecule has 314 valence electrons. The van der Waals surface area contributed by atoms with Gasteiger partial charge in [0.25, 0.3) is 0 Å². The van der Waals surface area contributed by atoms with Gasteiger partial charge in [0.05, 0.1) is 66.1 Å². The zero-order valence-electron chi connectivity index (χ0n) is 35.6. The molecule has 0 atom stereocenters. The molecule has 0 aromatic heterocycles. The third-order valence-electron chi connectivity index (χ3n) is 10.1. The molecule has 0 aromatic rings. The summed E-state index contributed by atoms with van der Waals surface area (Å²) in [7, 11) is 0. The second-order valence-corrected chi connectivity index (χ2v) is 15.3. The summed E-state index contributed by atoms with van der Waals surface area (Å²) >= 11 is 0. The van der Waals surface area contributed by atoms with Crippen LogP contribution >= 0.6 is 0 Å². The van der Waals surface area contributed by atoms with Gasteiger partial charge in [-0.2, -0.15) is 0 Å². The minimum atomic E-state index is 0.585. The summed E-state index contributed by atoms with van der Waals surface area (Å²) in [6, 6.07) is 0. The van der Waals surface area contributed by atoms with E-state index in [2.05, 4.69) is 13.8 Å². The first-order valence-electron chi connectivity index (χ1n) is 23.4. The Bertz CT molecular complexity index is 541. The van der Waals surface area contributed by atoms with Gasteiger partial charge >= 0.3 is 0 Å². The average Bonchev–Trinajstić information content (AvgIpc) is 3.16. The molecule has 0 saturated heterocycles. The lowest BCUT2D eigenvalue weighted by molar-refractivity contribution is -0.0169. The Morgan fingerprint density at radius 2 is 0.288 bits per heavy atom. The number of rotatable bonds is 49. The zero-order valence-corrected chi connectivity index (χ0v) is 35.6. The largest absolute Gasteiger partial charge is 0.379 e. The lowest BCUT2D eigenvalue weighted by atomic mass is 10.0. The van der Waals surface area contributed by atoms with Crippen LogP contribution in [0.25, 0.3) is 0 Å². The van der Waals surface area contributed by atoms with Crippen molar-refractivity contribution in [3.63, 3.8) is 0 Å². The molecule has 0 aromatic carbocycles. The predicted octanol–water partition coefficient (Wildman–Crippen LogP) is 13.6. The van der Waals surface area contributed by atoms with Gasteiger partial charge in [-0.05, 0) is 12.8 Å². The van der Waals surface area contributed by atoms with E-state index < -0.39 is 0 Å². The van der Waals surface area contributed by atoms with Gasteiger partial charge in [-0.1, -0.05) is 206 Å². The van der Waals surface area contributed by atoms with Crippen molar-refractivity contribution in [1.82, 2.24) is 0 Å². The maximum Gasteiger partial charge on any atom is 0.0701 e. The Kier molecular flexibility index (Phi) is 50.5. The quantitative estimate of drug-likeness (QED) is 0.0579. The van der Waals surface area contributed by atoms with E-state index in [9.17, 15) is 0 Å². The smallest absolute Gasteiger partial charge is 0.0701 e. The molecule has 0 heterocycles. The highest BCUT2D eigenvalue weighted by atomic mass is 16.6. The number of hydrogen-bond acceptors (Lipinski definition) is 6. The molecule has 0 radical (unpaired) electrons. The van der Waals surface area contributed by atoms with Crippen LogP contribution in [0.4, 0.5) is 0 Å². The van der Waals surface area contributed by atoms with Crippen molar-refractivity contribution < 1.29 is 28.4 Å². The van der Waals surface area contributed by atoms with Gasteiger partial charge in [-0.3, -0.25) is 0 Å². The first kappa shape index (κ1) is 51.8. The van der Waals surface area contributed by atoms with Crippen LogP contribution in [-0.4, -0.2) is 79.3 Å². The monoisotopic (exact) mass is 743 g/mol. The Balaban J connectivity index is 3.04. The normalized spacial score (nSPS) is 11.7. The highest BCUT2D eigenvalue weighted by Gasteiger charge is 1.98. The van der Waals surface area contributed by atoms with Crippen molar-refractivity contribution in [2.45, 2.75) is 219 Å². The summed E-state index contributed by atoms with van der Waals surface area (Å²) in [4.78, 5) is 0. The SMILES string of the molecule is CCCCCCCCCCCCCCCCCCOCCOCCOCCOCCOCCOCCCCCCCCCCCCCCCCCC. The van der Waals surface area contributed by atoms with Crippen LogP contribution in [0.15, 0.2) is 0 Å². The Morgan fingerprint density at radius 3 is 0.462 bits per heavy atom. The number of unbranched alkanes of at least 4 members (excludes halogenated alkanes) is 30. The summed E-state index contributed by atoms with van der Waals surface area (Å²) < 4.78 is 33.8. The minimum absolute atomic E-state index is 0.585. The van der Waals surface area contributed by atoms with Crippen LogP contribution in [0, 0.1) is 0 Å². The standard InChI is InChI=1S/C46H94O6/c1-3-5-7-9-11-13-15-17-19-21-23-25-27-29-31-33-35-47-37-39-49-41-43-51-45-46-52-44-42-50-40-38-48-36-34-32-30-28-26-24-22-20-18-16-14-12-10-8-6-4-2/h3-46H2,1-2H3. The summed E-state index contributed by atoms with van der Waals surface area (Å²) in [6.45, 7) is 12.5. The molecule has 0 aliphatic heterocycles. The van der Waals surface area contributed by atoms with E-state index in [-0.39, 0.29) is 0 Å². The maximum absolute atomic E-state index is 5.71. The molecule has 0 unspecified atom stereocenters. The Hall–Kier alpha value is -0.240. The lowest BCUT2D eigenvalue weighted by Crippen LogP contribution is -2.14. The molecule has 0 saturated carbocycles. The van der Waals surface area contributed by atoms with E-state index in [0.717, 1.165) is 13.2 Å². The van der Waals surface area contributed by atoms with Crippen LogP contribution in [0.3, 0.4) is 0 Å². The third-order valence-corrected chi connectivity index (χ3v) is 10.1. The van der Waals surface area contributed by atoms with Gasteiger partial charge in [-0.15, -0.1) is 0 Å². The third kappa shape index (κ3) is 49.8. The second kappa shape index (κ2) is 50.8. The fourth-order valence-electron chi connectivity index (χ4n) is 6.71. The van der Waals surface area contributed by atoms with Crippen molar-refractivity contribution in [3.8, 4) is 0 Å². The second-order valence-electron chi connectivity index (χ2n) is 15.3. The molecule has 0 bridgehead atoms. The van der Waals surface area contributed by atoms with Gasteiger partial charge in [0, 0.05) is 13.2 Å². The topological polar surface area (TPSA) is 55.4 Å². The molecule has 0 rings (SSSR count). The highest BCUT2D eigenvalue weighted by molar-refractivity contribution is 4.52. The molecule has 6 heteroatoms. The molecular weight excluding hydrogens is 648 g/mol. The van der Waals surface area contributed by atoms with E-state index >= 15 is 0 Å². The molecule has 0 spiro atoms. The Morgan fingerprint density at radius 1 is 0.154 bits per heavy atom. The molecule has 52 heavy (non-hydrogen) atoms. The van der Waals surface area contributed by atoms with E-state index in [1.807, 2.05) is 0 Å². The lowest BCUT2D eigenvalue weighted by Gasteiger charge is -2.08. The molecular formula is C46H94O6. The van der Waals surface area contributed by atoms with Crippen molar-refractivity contribution in [2.24, 2.45) is 0 Å².